The van der Waals surface area contributed by atoms with Crippen molar-refractivity contribution >= 4 is 28.4 Å². The molecule has 1 heterocycles. The van der Waals surface area contributed by atoms with E-state index in [-0.39, 0.29) is 22.3 Å². The number of aryl methyl sites for hydroxylation is 1. The van der Waals surface area contributed by atoms with Crippen LogP contribution in [0.4, 0.5) is 27.6 Å². The molecule has 0 aliphatic heterocycles. The van der Waals surface area contributed by atoms with Gasteiger partial charge in [-0.3, -0.25) is 0 Å². The van der Waals surface area contributed by atoms with E-state index < -0.39 is 46.5 Å². The van der Waals surface area contributed by atoms with Crippen molar-refractivity contribution in [2.45, 2.75) is 31.7 Å². The molecule has 0 fully saturated rings. The topological polar surface area (TPSA) is 78.3 Å². The van der Waals surface area contributed by atoms with Gasteiger partial charge in [0.2, 0.25) is 0 Å². The van der Waals surface area contributed by atoms with Crippen LogP contribution in [0.25, 0.3) is 10.9 Å². The second-order valence-electron chi connectivity index (χ2n) is 7.15. The molecule has 5 nitrogen and oxygen atoms in total. The highest BCUT2D eigenvalue weighted by atomic mass is 32.2. The van der Waals surface area contributed by atoms with Crippen molar-refractivity contribution in [2.75, 3.05) is 16.8 Å². The Bertz CT molecular complexity index is 1120. The molecule has 2 aromatic carbocycles. The number of hydrogen-bond acceptors (Lipinski definition) is 6. The van der Waals surface area contributed by atoms with Crippen LogP contribution in [0.5, 0.6) is 5.75 Å². The fraction of sp³-hybridized carbons (Fsp3) is 0.333. The van der Waals surface area contributed by atoms with Crippen LogP contribution in [0.3, 0.4) is 0 Å². The molecule has 0 aliphatic carbocycles. The number of fused-ring (bicyclic) bond motifs is 1. The lowest BCUT2D eigenvalue weighted by Crippen LogP contribution is -2.55. The van der Waals surface area contributed by atoms with E-state index in [1.807, 2.05) is 0 Å². The molecule has 3 rings (SSSR count). The monoisotopic (exact) mass is 473 g/mol. The molecule has 3 N–H and O–H groups in total. The fourth-order valence-electron chi connectivity index (χ4n) is 3.26. The molecule has 1 aromatic heterocycles. The Kier molecular flexibility index (Phi) is 6.80. The number of thioether (sulfide) groups is 1. The van der Waals surface area contributed by atoms with Gasteiger partial charge < -0.3 is 15.5 Å². The minimum atomic E-state index is -5.17. The first-order valence-corrected chi connectivity index (χ1v) is 10.7. The number of aliphatic hydroxyl groups is 1. The van der Waals surface area contributed by atoms with Crippen molar-refractivity contribution < 1.29 is 32.2 Å². The van der Waals surface area contributed by atoms with Crippen molar-refractivity contribution in [2.24, 2.45) is 0 Å². The highest BCUT2D eigenvalue weighted by Gasteiger charge is 2.59. The Morgan fingerprint density at radius 3 is 2.50 bits per heavy atom. The van der Waals surface area contributed by atoms with Crippen molar-refractivity contribution in [3.63, 3.8) is 0 Å². The first-order chi connectivity index (χ1) is 15.0. The number of hydrogen-bond donors (Lipinski definition) is 3. The Hall–Kier alpha value is -2.66. The number of phenols is 1. The molecule has 0 saturated carbocycles. The number of aromatic nitrogens is 2. The van der Waals surface area contributed by atoms with Crippen molar-refractivity contribution in [1.29, 1.82) is 0 Å². The van der Waals surface area contributed by atoms with Crippen molar-refractivity contribution in [1.82, 2.24) is 9.97 Å². The van der Waals surface area contributed by atoms with Gasteiger partial charge in [0.15, 0.2) is 5.60 Å². The molecular formula is C21H20F5N3O2S. The number of benzene rings is 2. The van der Waals surface area contributed by atoms with Crippen LogP contribution < -0.4 is 5.32 Å². The molecule has 0 saturated heterocycles. The number of anilines is 1. The number of phenolic OH excluding ortho intramolecular Hbond substituents is 1. The number of aromatic hydroxyl groups is 1. The van der Waals surface area contributed by atoms with Crippen molar-refractivity contribution in [3.8, 4) is 5.75 Å². The molecule has 0 aliphatic rings. The van der Waals surface area contributed by atoms with Gasteiger partial charge in [-0.1, -0.05) is 13.0 Å². The average Bonchev–Trinajstić information content (AvgIpc) is 2.69. The van der Waals surface area contributed by atoms with E-state index in [1.165, 1.54) is 6.20 Å². The maximum absolute atomic E-state index is 14.7. The molecular weight excluding hydrogens is 453 g/mol. The summed E-state index contributed by atoms with van der Waals surface area (Å²) in [5.74, 6) is -2.68. The van der Waals surface area contributed by atoms with Crippen LogP contribution >= 0.6 is 11.8 Å². The van der Waals surface area contributed by atoms with E-state index in [0.29, 0.717) is 11.9 Å². The Balaban J connectivity index is 2.23. The molecule has 0 bridgehead atoms. The zero-order valence-corrected chi connectivity index (χ0v) is 17.9. The number of nitrogens with one attached hydrogen (secondary N) is 1. The van der Waals surface area contributed by atoms with Gasteiger partial charge in [0.05, 0.1) is 11.6 Å². The van der Waals surface area contributed by atoms with Gasteiger partial charge in [-0.2, -0.15) is 24.9 Å². The number of halogens is 5. The maximum Gasteiger partial charge on any atom is 0.420 e. The third-order valence-corrected chi connectivity index (χ3v) is 5.93. The van der Waals surface area contributed by atoms with E-state index in [9.17, 15) is 32.2 Å². The first kappa shape index (κ1) is 24.0. The second kappa shape index (κ2) is 9.07. The molecule has 3 aromatic rings. The molecule has 2 unspecified atom stereocenters. The molecule has 0 spiro atoms. The third kappa shape index (κ3) is 4.73. The average molecular weight is 473 g/mol. The maximum atomic E-state index is 14.7. The zero-order valence-electron chi connectivity index (χ0n) is 17.0. The van der Waals surface area contributed by atoms with E-state index in [1.54, 1.807) is 13.8 Å². The molecule has 32 heavy (non-hydrogen) atoms. The van der Waals surface area contributed by atoms with Crippen molar-refractivity contribution in [3.05, 3.63) is 59.6 Å². The summed E-state index contributed by atoms with van der Waals surface area (Å²) in [7, 11) is 0. The fourth-order valence-corrected chi connectivity index (χ4v) is 4.10. The summed E-state index contributed by atoms with van der Waals surface area (Å²) in [5, 5.41) is 23.1. The molecule has 2 atom stereocenters. The van der Waals surface area contributed by atoms with E-state index in [2.05, 4.69) is 15.3 Å². The second-order valence-corrected chi connectivity index (χ2v) is 8.42. The summed E-state index contributed by atoms with van der Waals surface area (Å²) in [6.07, 6.45) is -3.87. The largest absolute Gasteiger partial charge is 0.508 e. The lowest BCUT2D eigenvalue weighted by molar-refractivity contribution is -0.256. The predicted molar refractivity (Wildman–Crippen MR) is 113 cm³/mol. The molecule has 0 amide bonds. The zero-order chi connectivity index (χ0) is 23.7. The summed E-state index contributed by atoms with van der Waals surface area (Å²) in [5.41, 5.74) is -4.01. The third-order valence-electron chi connectivity index (χ3n) is 4.88. The summed E-state index contributed by atoms with van der Waals surface area (Å²) < 4.78 is 71.4. The highest BCUT2D eigenvalue weighted by molar-refractivity contribution is 7.99. The summed E-state index contributed by atoms with van der Waals surface area (Å²) in [4.78, 5) is 8.08. The van der Waals surface area contributed by atoms with Crippen LogP contribution in [0.1, 0.15) is 24.4 Å². The van der Waals surface area contributed by atoms with Gasteiger partial charge in [-0.15, -0.1) is 0 Å². The van der Waals surface area contributed by atoms with E-state index >= 15 is 0 Å². The Morgan fingerprint density at radius 2 is 1.88 bits per heavy atom. The van der Waals surface area contributed by atoms with Crippen LogP contribution in [-0.4, -0.2) is 43.5 Å². The SMILES string of the molecule is CCSCC(O)(C(Nc1cc(F)cc2nc(C)ncc12)c1ccc(O)cc1F)C(F)(F)F. The van der Waals surface area contributed by atoms with Crippen LogP contribution in [0, 0.1) is 18.6 Å². The van der Waals surface area contributed by atoms with Gasteiger partial charge in [0.25, 0.3) is 0 Å². The number of rotatable bonds is 7. The molecule has 11 heteroatoms. The van der Waals surface area contributed by atoms with Gasteiger partial charge in [-0.25, -0.2) is 18.7 Å². The first-order valence-electron chi connectivity index (χ1n) is 9.51. The molecule has 172 valence electrons. The smallest absolute Gasteiger partial charge is 0.420 e. The minimum absolute atomic E-state index is 0.128. The van der Waals surface area contributed by atoms with E-state index in [4.69, 9.17) is 0 Å². The standard InChI is InChI=1S/C21H20F5N3O2S/c1-3-32-10-20(31,21(24,25)26)19(14-5-4-13(30)8-16(14)23)29-18-7-12(22)6-17-15(18)9-27-11(2)28-17/h4-9,19,29-31H,3,10H2,1-2H3. The lowest BCUT2D eigenvalue weighted by Gasteiger charge is -2.39. The number of alkyl halides is 3. The minimum Gasteiger partial charge on any atom is -0.508 e. The van der Waals surface area contributed by atoms with Gasteiger partial charge in [0, 0.05) is 40.7 Å². The van der Waals surface area contributed by atoms with Crippen LogP contribution in [0.15, 0.2) is 36.5 Å². The van der Waals surface area contributed by atoms with Crippen LogP contribution in [-0.2, 0) is 0 Å². The normalized spacial score (nSPS) is 14.9. The predicted octanol–water partition coefficient (Wildman–Crippen LogP) is 5.12. The quantitative estimate of drug-likeness (QED) is 0.414. The van der Waals surface area contributed by atoms with E-state index in [0.717, 1.165) is 36.0 Å². The summed E-state index contributed by atoms with van der Waals surface area (Å²) in [6, 6.07) is 2.53. The highest BCUT2D eigenvalue weighted by Crippen LogP contribution is 2.45. The summed E-state index contributed by atoms with van der Waals surface area (Å²) >= 11 is 0.813. The lowest BCUT2D eigenvalue weighted by atomic mass is 9.88. The molecule has 0 radical (unpaired) electrons. The van der Waals surface area contributed by atoms with Gasteiger partial charge in [-0.05, 0) is 24.8 Å². The summed E-state index contributed by atoms with van der Waals surface area (Å²) in [6.45, 7) is 3.18. The Labute approximate surface area is 184 Å². The van der Waals surface area contributed by atoms with Gasteiger partial charge >= 0.3 is 6.18 Å². The number of nitrogens with zero attached hydrogens (tertiary/aromatic N) is 2. The Morgan fingerprint density at radius 1 is 1.16 bits per heavy atom. The van der Waals surface area contributed by atoms with Crippen LogP contribution in [0.2, 0.25) is 0 Å². The van der Waals surface area contributed by atoms with Gasteiger partial charge in [0.1, 0.15) is 23.2 Å².